The van der Waals surface area contributed by atoms with Crippen LogP contribution in [-0.4, -0.2) is 5.71 Å². The van der Waals surface area contributed by atoms with Gasteiger partial charge in [-0.15, -0.1) is 0 Å². The number of hydrazone groups is 1. The van der Waals surface area contributed by atoms with Gasteiger partial charge in [-0.05, 0) is 42.0 Å². The minimum atomic E-state index is -0.368. The summed E-state index contributed by atoms with van der Waals surface area (Å²) in [6, 6.07) is 27.1. The van der Waals surface area contributed by atoms with Gasteiger partial charge < -0.3 is 4.42 Å². The van der Waals surface area contributed by atoms with E-state index in [2.05, 4.69) is 0 Å². The molecular weight excluding hydrogens is 384 g/mol. The number of rotatable bonds is 3. The molecule has 1 aliphatic heterocycles. The van der Waals surface area contributed by atoms with Crippen molar-refractivity contribution in [3.63, 3.8) is 0 Å². The summed E-state index contributed by atoms with van der Waals surface area (Å²) < 4.78 is 5.53. The molecule has 4 nitrogen and oxygen atoms in total. The molecule has 0 radical (unpaired) electrons. The minimum absolute atomic E-state index is 0.0319. The van der Waals surface area contributed by atoms with Crippen molar-refractivity contribution in [3.05, 3.63) is 111 Å². The van der Waals surface area contributed by atoms with Crippen molar-refractivity contribution in [2.75, 3.05) is 5.01 Å². The molecule has 5 heteroatoms. The molecule has 0 spiro atoms. The molecule has 0 amide bonds. The average Bonchev–Trinajstić information content (AvgIpc) is 3.19. The number of benzene rings is 3. The predicted octanol–water partition coefficient (Wildman–Crippen LogP) is 5.80. The van der Waals surface area contributed by atoms with Gasteiger partial charge in [-0.1, -0.05) is 60.1 Å². The number of fused-ring (bicyclic) bond motifs is 1. The molecule has 0 bridgehead atoms. The van der Waals surface area contributed by atoms with Crippen LogP contribution >= 0.6 is 11.6 Å². The van der Waals surface area contributed by atoms with Crippen LogP contribution in [0.5, 0.6) is 0 Å². The van der Waals surface area contributed by atoms with E-state index in [1.807, 2.05) is 83.9 Å². The summed E-state index contributed by atoms with van der Waals surface area (Å²) in [4.78, 5) is 12.7. The van der Waals surface area contributed by atoms with Gasteiger partial charge in [0.25, 0.3) is 0 Å². The summed E-state index contributed by atoms with van der Waals surface area (Å²) in [6.45, 7) is 0. The Kier molecular flexibility index (Phi) is 4.41. The zero-order valence-corrected chi connectivity index (χ0v) is 16.2. The monoisotopic (exact) mass is 400 g/mol. The summed E-state index contributed by atoms with van der Waals surface area (Å²) in [5, 5.41) is 8.37. The van der Waals surface area contributed by atoms with Crippen LogP contribution in [0.2, 0.25) is 5.02 Å². The first-order chi connectivity index (χ1) is 14.2. The van der Waals surface area contributed by atoms with E-state index in [0.29, 0.717) is 28.3 Å². The second-order valence-electron chi connectivity index (χ2n) is 6.98. The van der Waals surface area contributed by atoms with E-state index in [9.17, 15) is 4.79 Å². The maximum Gasteiger partial charge on any atom is 0.345 e. The standard InChI is InChI=1S/C24H17ClN2O2/c25-18-12-10-16(11-13-18)22-15-21(26-27(22)19-7-2-1-3-8-19)20-14-17-6-4-5-9-23(17)29-24(20)28/h1-14,22H,15H2/t22-/m0/s1. The van der Waals surface area contributed by atoms with Crippen LogP contribution in [-0.2, 0) is 0 Å². The fourth-order valence-electron chi connectivity index (χ4n) is 3.70. The lowest BCUT2D eigenvalue weighted by Crippen LogP contribution is -2.18. The van der Waals surface area contributed by atoms with Gasteiger partial charge in [-0.2, -0.15) is 5.10 Å². The second-order valence-corrected chi connectivity index (χ2v) is 7.42. The quantitative estimate of drug-likeness (QED) is 0.408. The highest BCUT2D eigenvalue weighted by Gasteiger charge is 2.31. The fourth-order valence-corrected chi connectivity index (χ4v) is 3.83. The van der Waals surface area contributed by atoms with Crippen LogP contribution in [0.25, 0.3) is 11.0 Å². The summed E-state index contributed by atoms with van der Waals surface area (Å²) in [6.07, 6.45) is 0.597. The van der Waals surface area contributed by atoms with E-state index in [-0.39, 0.29) is 11.7 Å². The van der Waals surface area contributed by atoms with Crippen molar-refractivity contribution < 1.29 is 4.42 Å². The molecule has 4 aromatic rings. The lowest BCUT2D eigenvalue weighted by atomic mass is 9.98. The Morgan fingerprint density at radius 2 is 1.66 bits per heavy atom. The van der Waals surface area contributed by atoms with Crippen molar-refractivity contribution >= 4 is 34.0 Å². The Bertz CT molecular complexity index is 1260. The maximum atomic E-state index is 12.7. The first kappa shape index (κ1) is 17.7. The number of hydrogen-bond acceptors (Lipinski definition) is 4. The van der Waals surface area contributed by atoms with Crippen LogP contribution < -0.4 is 10.6 Å². The molecule has 142 valence electrons. The van der Waals surface area contributed by atoms with Crippen LogP contribution in [0, 0.1) is 0 Å². The SMILES string of the molecule is O=c1oc2ccccc2cc1C1=NN(c2ccccc2)[C@H](c2ccc(Cl)cc2)C1. The number of halogens is 1. The van der Waals surface area contributed by atoms with Crippen LogP contribution in [0.3, 0.4) is 0 Å². The lowest BCUT2D eigenvalue weighted by Gasteiger charge is -2.24. The number of anilines is 1. The Balaban J connectivity index is 1.61. The van der Waals surface area contributed by atoms with Crippen molar-refractivity contribution in [1.29, 1.82) is 0 Å². The van der Waals surface area contributed by atoms with Crippen LogP contribution in [0.4, 0.5) is 5.69 Å². The number of hydrogen-bond donors (Lipinski definition) is 0. The van der Waals surface area contributed by atoms with Gasteiger partial charge in [0.15, 0.2) is 0 Å². The average molecular weight is 401 g/mol. The molecule has 2 heterocycles. The third-order valence-electron chi connectivity index (χ3n) is 5.14. The summed E-state index contributed by atoms with van der Waals surface area (Å²) in [7, 11) is 0. The van der Waals surface area contributed by atoms with Gasteiger partial charge >= 0.3 is 5.63 Å². The highest BCUT2D eigenvalue weighted by atomic mass is 35.5. The molecule has 1 atom stereocenters. The first-order valence-corrected chi connectivity index (χ1v) is 9.77. The third kappa shape index (κ3) is 3.32. The molecule has 3 aromatic carbocycles. The van der Waals surface area contributed by atoms with Gasteiger partial charge in [0.05, 0.1) is 23.0 Å². The first-order valence-electron chi connectivity index (χ1n) is 9.39. The van der Waals surface area contributed by atoms with Gasteiger partial charge in [0.1, 0.15) is 5.58 Å². The third-order valence-corrected chi connectivity index (χ3v) is 5.39. The predicted molar refractivity (Wildman–Crippen MR) is 117 cm³/mol. The maximum absolute atomic E-state index is 12.7. The molecule has 0 saturated carbocycles. The lowest BCUT2D eigenvalue weighted by molar-refractivity contribution is 0.559. The summed E-state index contributed by atoms with van der Waals surface area (Å²) >= 11 is 6.08. The van der Waals surface area contributed by atoms with Gasteiger partial charge in [0, 0.05) is 16.8 Å². The highest BCUT2D eigenvalue weighted by Crippen LogP contribution is 2.36. The molecule has 0 saturated heterocycles. The van der Waals surface area contributed by atoms with Gasteiger partial charge in [0.2, 0.25) is 0 Å². The zero-order valence-electron chi connectivity index (χ0n) is 15.5. The molecule has 0 fully saturated rings. The van der Waals surface area contributed by atoms with E-state index in [4.69, 9.17) is 21.1 Å². The topological polar surface area (TPSA) is 45.8 Å². The van der Waals surface area contributed by atoms with E-state index in [0.717, 1.165) is 16.6 Å². The molecular formula is C24H17ClN2O2. The highest BCUT2D eigenvalue weighted by molar-refractivity contribution is 6.30. The Morgan fingerprint density at radius 1 is 0.931 bits per heavy atom. The minimum Gasteiger partial charge on any atom is -0.422 e. The van der Waals surface area contributed by atoms with Crippen LogP contribution in [0.15, 0.2) is 99.2 Å². The molecule has 29 heavy (non-hydrogen) atoms. The molecule has 0 N–H and O–H groups in total. The molecule has 1 aromatic heterocycles. The fraction of sp³-hybridized carbons (Fsp3) is 0.0833. The van der Waals surface area contributed by atoms with Crippen molar-refractivity contribution in [1.82, 2.24) is 0 Å². The molecule has 0 aliphatic carbocycles. The van der Waals surface area contributed by atoms with E-state index in [1.165, 1.54) is 0 Å². The zero-order chi connectivity index (χ0) is 19.8. The Morgan fingerprint density at radius 3 is 2.45 bits per heavy atom. The normalized spacial score (nSPS) is 16.2. The molecule has 5 rings (SSSR count). The van der Waals surface area contributed by atoms with E-state index < -0.39 is 0 Å². The smallest absolute Gasteiger partial charge is 0.345 e. The largest absolute Gasteiger partial charge is 0.422 e. The van der Waals surface area contributed by atoms with E-state index >= 15 is 0 Å². The molecule has 0 unspecified atom stereocenters. The molecule has 1 aliphatic rings. The Labute approximate surface area is 172 Å². The summed E-state index contributed by atoms with van der Waals surface area (Å²) in [5.41, 5.74) is 3.48. The number of nitrogens with zero attached hydrogens (tertiary/aromatic N) is 2. The van der Waals surface area contributed by atoms with Crippen LogP contribution in [0.1, 0.15) is 23.6 Å². The Hall–Kier alpha value is -3.37. The van der Waals surface area contributed by atoms with Gasteiger partial charge in [-0.25, -0.2) is 4.79 Å². The van der Waals surface area contributed by atoms with Crippen molar-refractivity contribution in [2.45, 2.75) is 12.5 Å². The summed E-state index contributed by atoms with van der Waals surface area (Å²) in [5.74, 6) is 0. The van der Waals surface area contributed by atoms with Gasteiger partial charge in [-0.3, -0.25) is 5.01 Å². The van der Waals surface area contributed by atoms with E-state index in [1.54, 1.807) is 6.07 Å². The number of para-hydroxylation sites is 2. The van der Waals surface area contributed by atoms with Crippen molar-refractivity contribution in [2.24, 2.45) is 5.10 Å². The van der Waals surface area contributed by atoms with Crippen molar-refractivity contribution in [3.8, 4) is 0 Å². The second kappa shape index (κ2) is 7.22.